The Morgan fingerprint density at radius 1 is 1.06 bits per heavy atom. The zero-order valence-corrected chi connectivity index (χ0v) is 19.0. The molecule has 0 spiro atoms. The number of hydrogen-bond donors (Lipinski definition) is 0. The second-order valence-corrected chi connectivity index (χ2v) is 9.60. The van der Waals surface area contributed by atoms with E-state index in [0.29, 0.717) is 17.9 Å². The normalized spacial score (nSPS) is 21.4. The van der Waals surface area contributed by atoms with Crippen LogP contribution in [-0.4, -0.2) is 51.5 Å². The summed E-state index contributed by atoms with van der Waals surface area (Å²) in [6.45, 7) is 8.00. The van der Waals surface area contributed by atoms with Gasteiger partial charge in [0.2, 0.25) is 5.89 Å². The molecule has 1 amide bonds. The van der Waals surface area contributed by atoms with Gasteiger partial charge in [0.05, 0.1) is 6.54 Å². The number of carbonyl (C=O) groups is 1. The topological polar surface area (TPSA) is 62.5 Å². The number of likely N-dealkylation sites (tertiary alicyclic amines) is 2. The van der Waals surface area contributed by atoms with Gasteiger partial charge in [0.25, 0.3) is 5.91 Å². The molecule has 0 saturated carbocycles. The quantitative estimate of drug-likeness (QED) is 0.680. The number of amides is 1. The van der Waals surface area contributed by atoms with Gasteiger partial charge < -0.3 is 9.42 Å². The molecule has 0 unspecified atom stereocenters. The highest BCUT2D eigenvalue weighted by atomic mass is 16.5. The van der Waals surface area contributed by atoms with E-state index in [0.717, 1.165) is 75.6 Å². The van der Waals surface area contributed by atoms with E-state index in [1.165, 1.54) is 12.8 Å². The maximum absolute atomic E-state index is 13.3. The van der Waals surface area contributed by atoms with Crippen LogP contribution in [0, 0.1) is 11.8 Å². The number of benzene rings is 1. The van der Waals surface area contributed by atoms with E-state index in [2.05, 4.69) is 33.8 Å². The average Bonchev–Trinajstić information content (AvgIpc) is 3.06. The Bertz CT molecular complexity index is 827. The van der Waals surface area contributed by atoms with E-state index in [1.807, 2.05) is 30.3 Å². The molecule has 3 heterocycles. The number of nitrogens with zero attached hydrogens (tertiary/aromatic N) is 4. The van der Waals surface area contributed by atoms with Crippen molar-refractivity contribution in [2.24, 2.45) is 11.8 Å². The molecule has 1 atom stereocenters. The van der Waals surface area contributed by atoms with E-state index < -0.39 is 0 Å². The molecule has 4 rings (SSSR count). The Morgan fingerprint density at radius 3 is 2.58 bits per heavy atom. The molecule has 1 aromatic carbocycles. The predicted octanol–water partition coefficient (Wildman–Crippen LogP) is 4.57. The molecule has 0 N–H and O–H groups in total. The van der Waals surface area contributed by atoms with Crippen LogP contribution in [0.1, 0.15) is 74.4 Å². The van der Waals surface area contributed by atoms with Gasteiger partial charge in [-0.2, -0.15) is 4.98 Å². The van der Waals surface area contributed by atoms with E-state index in [1.54, 1.807) is 0 Å². The van der Waals surface area contributed by atoms with Crippen molar-refractivity contribution >= 4 is 5.91 Å². The summed E-state index contributed by atoms with van der Waals surface area (Å²) in [5.41, 5.74) is 0.820. The zero-order valence-electron chi connectivity index (χ0n) is 19.0. The van der Waals surface area contributed by atoms with Gasteiger partial charge in [-0.05, 0) is 62.7 Å². The van der Waals surface area contributed by atoms with Crippen LogP contribution in [0.3, 0.4) is 0 Å². The van der Waals surface area contributed by atoms with Crippen molar-refractivity contribution in [1.82, 2.24) is 19.9 Å². The molecule has 0 radical (unpaired) electrons. The highest BCUT2D eigenvalue weighted by Crippen LogP contribution is 2.31. The smallest absolute Gasteiger partial charge is 0.254 e. The highest BCUT2D eigenvalue weighted by Gasteiger charge is 2.34. The number of hydrogen-bond acceptors (Lipinski definition) is 5. The fourth-order valence-corrected chi connectivity index (χ4v) is 5.11. The third-order valence-electron chi connectivity index (χ3n) is 6.72. The maximum Gasteiger partial charge on any atom is 0.254 e. The van der Waals surface area contributed by atoms with Crippen molar-refractivity contribution in [3.63, 3.8) is 0 Å². The van der Waals surface area contributed by atoms with Gasteiger partial charge in [0, 0.05) is 24.6 Å². The van der Waals surface area contributed by atoms with Crippen LogP contribution in [0.5, 0.6) is 0 Å². The van der Waals surface area contributed by atoms with Gasteiger partial charge in [-0.3, -0.25) is 9.69 Å². The summed E-state index contributed by atoms with van der Waals surface area (Å²) in [4.78, 5) is 22.5. The Morgan fingerprint density at radius 2 is 1.84 bits per heavy atom. The summed E-state index contributed by atoms with van der Waals surface area (Å²) < 4.78 is 5.47. The molecule has 168 valence electrons. The molecule has 0 bridgehead atoms. The van der Waals surface area contributed by atoms with Crippen molar-refractivity contribution in [3.05, 3.63) is 47.6 Å². The maximum atomic E-state index is 13.3. The fraction of sp³-hybridized carbons (Fsp3) is 0.640. The molecule has 1 aromatic heterocycles. The SMILES string of the molecule is CC(C)Cc1noc(CN2CCC([C@@H]3CCCCCN3C(=O)c3ccccc3)CC2)n1. The Labute approximate surface area is 186 Å². The first-order valence-electron chi connectivity index (χ1n) is 12.0. The van der Waals surface area contributed by atoms with Gasteiger partial charge in [-0.1, -0.05) is 50.0 Å². The van der Waals surface area contributed by atoms with E-state index in [9.17, 15) is 4.79 Å². The average molecular weight is 425 g/mol. The molecule has 2 aromatic rings. The predicted molar refractivity (Wildman–Crippen MR) is 121 cm³/mol. The molecular formula is C25H36N4O2. The van der Waals surface area contributed by atoms with Crippen molar-refractivity contribution < 1.29 is 9.32 Å². The minimum Gasteiger partial charge on any atom is -0.338 e. The lowest BCUT2D eigenvalue weighted by atomic mass is 9.86. The molecule has 6 heteroatoms. The third kappa shape index (κ3) is 5.73. The zero-order chi connectivity index (χ0) is 21.6. The number of piperidine rings is 1. The van der Waals surface area contributed by atoms with Crippen molar-refractivity contribution in [2.45, 2.75) is 71.4 Å². The fourth-order valence-electron chi connectivity index (χ4n) is 5.11. The molecule has 2 saturated heterocycles. The highest BCUT2D eigenvalue weighted by molar-refractivity contribution is 5.94. The van der Waals surface area contributed by atoms with Crippen LogP contribution in [0.4, 0.5) is 0 Å². The lowest BCUT2D eigenvalue weighted by Gasteiger charge is -2.40. The van der Waals surface area contributed by atoms with E-state index >= 15 is 0 Å². The van der Waals surface area contributed by atoms with Crippen molar-refractivity contribution in [1.29, 1.82) is 0 Å². The van der Waals surface area contributed by atoms with Gasteiger partial charge in [0.15, 0.2) is 5.82 Å². The first-order chi connectivity index (χ1) is 15.1. The summed E-state index contributed by atoms with van der Waals surface area (Å²) >= 11 is 0. The first-order valence-corrected chi connectivity index (χ1v) is 12.0. The second-order valence-electron chi connectivity index (χ2n) is 9.60. The first kappa shape index (κ1) is 22.0. The van der Waals surface area contributed by atoms with E-state index in [-0.39, 0.29) is 5.91 Å². The van der Waals surface area contributed by atoms with Gasteiger partial charge in [-0.15, -0.1) is 0 Å². The minimum atomic E-state index is 0.207. The monoisotopic (exact) mass is 424 g/mol. The summed E-state index contributed by atoms with van der Waals surface area (Å²) in [6, 6.07) is 10.2. The van der Waals surface area contributed by atoms with Gasteiger partial charge in [-0.25, -0.2) is 0 Å². The van der Waals surface area contributed by atoms with Crippen LogP contribution in [0.2, 0.25) is 0 Å². The van der Waals surface area contributed by atoms with Crippen LogP contribution in [-0.2, 0) is 13.0 Å². The molecule has 31 heavy (non-hydrogen) atoms. The third-order valence-corrected chi connectivity index (χ3v) is 6.72. The largest absolute Gasteiger partial charge is 0.338 e. The molecule has 2 aliphatic rings. The van der Waals surface area contributed by atoms with Crippen LogP contribution in [0.25, 0.3) is 0 Å². The van der Waals surface area contributed by atoms with Crippen molar-refractivity contribution in [3.8, 4) is 0 Å². The Kier molecular flexibility index (Phi) is 7.38. The summed E-state index contributed by atoms with van der Waals surface area (Å²) in [5.74, 6) is 2.85. The second kappa shape index (κ2) is 10.4. The van der Waals surface area contributed by atoms with E-state index in [4.69, 9.17) is 4.52 Å². The standard InChI is InChI=1S/C25H36N4O2/c1-19(2)17-23-26-24(31-27-23)18-28-15-12-20(13-16-28)22-11-7-4-8-14-29(22)25(30)21-9-5-3-6-10-21/h3,5-6,9-10,19-20,22H,4,7-8,11-18H2,1-2H3/t22-/m0/s1. The van der Waals surface area contributed by atoms with Crippen LogP contribution < -0.4 is 0 Å². The lowest BCUT2D eigenvalue weighted by molar-refractivity contribution is 0.0506. The van der Waals surface area contributed by atoms with Crippen LogP contribution in [0.15, 0.2) is 34.9 Å². The van der Waals surface area contributed by atoms with Crippen LogP contribution >= 0.6 is 0 Å². The molecule has 6 nitrogen and oxygen atoms in total. The lowest BCUT2D eigenvalue weighted by Crippen LogP contribution is -2.47. The number of carbonyl (C=O) groups excluding carboxylic acids is 1. The Hall–Kier alpha value is -2.21. The molecule has 2 fully saturated rings. The van der Waals surface area contributed by atoms with Gasteiger partial charge in [0.1, 0.15) is 0 Å². The van der Waals surface area contributed by atoms with Gasteiger partial charge >= 0.3 is 0 Å². The molecular weight excluding hydrogens is 388 g/mol. The Balaban J connectivity index is 1.35. The summed E-state index contributed by atoms with van der Waals surface area (Å²) in [7, 11) is 0. The molecule has 0 aliphatic carbocycles. The van der Waals surface area contributed by atoms with Crippen molar-refractivity contribution in [2.75, 3.05) is 19.6 Å². The summed E-state index contributed by atoms with van der Waals surface area (Å²) in [5, 5.41) is 4.12. The number of aromatic nitrogens is 2. The molecule has 2 aliphatic heterocycles. The summed E-state index contributed by atoms with van der Waals surface area (Å²) in [6.07, 6.45) is 7.80. The minimum absolute atomic E-state index is 0.207. The number of rotatable bonds is 6.